The maximum atomic E-state index is 13.4. The molecule has 0 aromatic heterocycles. The van der Waals surface area contributed by atoms with Crippen LogP contribution in [0.1, 0.15) is 11.6 Å². The zero-order valence-electron chi connectivity index (χ0n) is 14.7. The molecule has 2 amide bonds. The van der Waals surface area contributed by atoms with Gasteiger partial charge in [-0.15, -0.1) is 0 Å². The number of fused-ring (bicyclic) bond motifs is 1. The number of rotatable bonds is 5. The summed E-state index contributed by atoms with van der Waals surface area (Å²) in [5.74, 6) is -1.72. The smallest absolute Gasteiger partial charge is 0.262 e. The van der Waals surface area contributed by atoms with Crippen molar-refractivity contribution >= 4 is 17.5 Å². The lowest BCUT2D eigenvalue weighted by Crippen LogP contribution is -2.39. The van der Waals surface area contributed by atoms with E-state index in [0.717, 1.165) is 5.69 Å². The summed E-state index contributed by atoms with van der Waals surface area (Å²) >= 11 is 0. The number of amides is 2. The first kappa shape index (κ1) is 17.6. The van der Waals surface area contributed by atoms with Crippen LogP contribution in [-0.2, 0) is 19.2 Å². The quantitative estimate of drug-likeness (QED) is 0.756. The first-order valence-electron chi connectivity index (χ1n) is 8.72. The third-order valence-electron chi connectivity index (χ3n) is 4.95. The number of halogens is 1. The molecule has 3 unspecified atom stereocenters. The van der Waals surface area contributed by atoms with E-state index in [-0.39, 0.29) is 30.8 Å². The highest BCUT2D eigenvalue weighted by molar-refractivity contribution is 6.07. The van der Waals surface area contributed by atoms with Crippen LogP contribution in [-0.4, -0.2) is 43.1 Å². The summed E-state index contributed by atoms with van der Waals surface area (Å²) in [5, 5.41) is 1.59. The highest BCUT2D eigenvalue weighted by Crippen LogP contribution is 2.46. The van der Waals surface area contributed by atoms with Crippen LogP contribution in [0.15, 0.2) is 54.6 Å². The van der Waals surface area contributed by atoms with Gasteiger partial charge in [0.15, 0.2) is 6.10 Å². The predicted octanol–water partition coefficient (Wildman–Crippen LogP) is 2.32. The van der Waals surface area contributed by atoms with Gasteiger partial charge < -0.3 is 4.74 Å². The first-order valence-corrected chi connectivity index (χ1v) is 8.72. The number of carbonyl (C=O) groups excluding carboxylic acids is 2. The van der Waals surface area contributed by atoms with Gasteiger partial charge in [0.1, 0.15) is 11.7 Å². The van der Waals surface area contributed by atoms with Crippen molar-refractivity contribution < 1.29 is 23.6 Å². The van der Waals surface area contributed by atoms with E-state index >= 15 is 0 Å². The van der Waals surface area contributed by atoms with E-state index in [2.05, 4.69) is 0 Å². The lowest BCUT2D eigenvalue weighted by Gasteiger charge is -2.28. The molecule has 3 atom stereocenters. The Hall–Kier alpha value is -2.77. The Labute approximate surface area is 156 Å². The van der Waals surface area contributed by atoms with Crippen LogP contribution in [0, 0.1) is 11.7 Å². The largest absolute Gasteiger partial charge is 0.383 e. The van der Waals surface area contributed by atoms with E-state index in [1.54, 1.807) is 17.2 Å². The lowest BCUT2D eigenvalue weighted by atomic mass is 9.90. The molecule has 140 valence electrons. The maximum Gasteiger partial charge on any atom is 0.262 e. The molecule has 7 heteroatoms. The summed E-state index contributed by atoms with van der Waals surface area (Å²) in [6.45, 7) is 0.451. The molecule has 2 saturated heterocycles. The summed E-state index contributed by atoms with van der Waals surface area (Å²) in [7, 11) is 1.51. The second-order valence-corrected chi connectivity index (χ2v) is 6.53. The zero-order valence-corrected chi connectivity index (χ0v) is 14.7. The van der Waals surface area contributed by atoms with Gasteiger partial charge in [-0.25, -0.2) is 9.45 Å². The Morgan fingerprint density at radius 1 is 1.04 bits per heavy atom. The molecule has 27 heavy (non-hydrogen) atoms. The minimum atomic E-state index is -0.899. The van der Waals surface area contributed by atoms with Crippen molar-refractivity contribution in [3.05, 3.63) is 66.0 Å². The molecule has 2 fully saturated rings. The third kappa shape index (κ3) is 2.98. The van der Waals surface area contributed by atoms with Crippen molar-refractivity contribution in [2.75, 3.05) is 25.3 Å². The second-order valence-electron chi connectivity index (χ2n) is 6.53. The first-order chi connectivity index (χ1) is 13.1. The van der Waals surface area contributed by atoms with Crippen LogP contribution in [0.2, 0.25) is 0 Å². The van der Waals surface area contributed by atoms with E-state index in [4.69, 9.17) is 9.57 Å². The summed E-state index contributed by atoms with van der Waals surface area (Å²) in [6, 6.07) is 14.7. The maximum absolute atomic E-state index is 13.4. The number of carbonyl (C=O) groups is 2. The fraction of sp³-hybridized carbons (Fsp3) is 0.300. The number of hydrogen-bond donors (Lipinski definition) is 0. The molecule has 0 bridgehead atoms. The Morgan fingerprint density at radius 2 is 1.74 bits per heavy atom. The minimum absolute atomic E-state index is 0.187. The highest BCUT2D eigenvalue weighted by Gasteiger charge is 2.59. The lowest BCUT2D eigenvalue weighted by molar-refractivity contribution is -0.143. The van der Waals surface area contributed by atoms with Crippen molar-refractivity contribution in [3.63, 3.8) is 0 Å². The number of hydroxylamine groups is 1. The summed E-state index contributed by atoms with van der Waals surface area (Å²) in [5.41, 5.74) is 1.44. The van der Waals surface area contributed by atoms with E-state index in [1.165, 1.54) is 24.1 Å². The number of benzene rings is 2. The molecule has 0 spiro atoms. The van der Waals surface area contributed by atoms with Gasteiger partial charge in [0.25, 0.3) is 5.91 Å². The van der Waals surface area contributed by atoms with Crippen LogP contribution < -0.4 is 5.06 Å². The number of hydrogen-bond acceptors (Lipinski definition) is 5. The highest BCUT2D eigenvalue weighted by atomic mass is 19.1. The number of para-hydroxylation sites is 1. The van der Waals surface area contributed by atoms with Crippen molar-refractivity contribution in [1.82, 2.24) is 4.90 Å². The Kier molecular flexibility index (Phi) is 4.63. The average molecular weight is 370 g/mol. The van der Waals surface area contributed by atoms with E-state index < -0.39 is 18.1 Å². The average Bonchev–Trinajstić information content (AvgIpc) is 3.19. The summed E-state index contributed by atoms with van der Waals surface area (Å²) in [6.07, 6.45) is -0.899. The van der Waals surface area contributed by atoms with Crippen LogP contribution >= 0.6 is 0 Å². The van der Waals surface area contributed by atoms with Crippen molar-refractivity contribution in [3.8, 4) is 0 Å². The topological polar surface area (TPSA) is 59.1 Å². The standard InChI is InChI=1S/C20H19FN2O4/c1-26-12-11-22-19(24)16-17(13-7-9-14(21)10-8-13)23(27-18(16)20(22)25)15-5-3-2-4-6-15/h2-10,16-18H,11-12H2,1H3. The molecular formula is C20H19FN2O4. The second kappa shape index (κ2) is 7.09. The third-order valence-corrected chi connectivity index (χ3v) is 4.95. The van der Waals surface area contributed by atoms with Gasteiger partial charge in [-0.1, -0.05) is 30.3 Å². The number of imide groups is 1. The molecule has 2 aliphatic rings. The van der Waals surface area contributed by atoms with Gasteiger partial charge in [-0.2, -0.15) is 0 Å². The van der Waals surface area contributed by atoms with Gasteiger partial charge in [-0.3, -0.25) is 19.3 Å². The van der Waals surface area contributed by atoms with Crippen LogP contribution in [0.25, 0.3) is 0 Å². The fourth-order valence-corrected chi connectivity index (χ4v) is 3.67. The van der Waals surface area contributed by atoms with Gasteiger partial charge in [0, 0.05) is 7.11 Å². The molecule has 0 saturated carbocycles. The van der Waals surface area contributed by atoms with E-state index in [1.807, 2.05) is 30.3 Å². The molecule has 2 aliphatic heterocycles. The molecule has 2 aromatic rings. The Balaban J connectivity index is 1.73. The molecular weight excluding hydrogens is 351 g/mol. The number of anilines is 1. The number of ether oxygens (including phenoxy) is 1. The summed E-state index contributed by atoms with van der Waals surface area (Å²) in [4.78, 5) is 32.9. The van der Waals surface area contributed by atoms with Crippen LogP contribution in [0.4, 0.5) is 10.1 Å². The summed E-state index contributed by atoms with van der Waals surface area (Å²) < 4.78 is 18.4. The van der Waals surface area contributed by atoms with Crippen molar-refractivity contribution in [2.24, 2.45) is 5.92 Å². The number of methoxy groups -OCH3 is 1. The molecule has 0 aliphatic carbocycles. The number of nitrogens with zero attached hydrogens (tertiary/aromatic N) is 2. The van der Waals surface area contributed by atoms with Gasteiger partial charge >= 0.3 is 0 Å². The van der Waals surface area contributed by atoms with Gasteiger partial charge in [0.05, 0.1) is 24.9 Å². The monoisotopic (exact) mass is 370 g/mol. The predicted molar refractivity (Wildman–Crippen MR) is 95.0 cm³/mol. The Morgan fingerprint density at radius 3 is 2.41 bits per heavy atom. The van der Waals surface area contributed by atoms with E-state index in [0.29, 0.717) is 5.56 Å². The van der Waals surface area contributed by atoms with Crippen molar-refractivity contribution in [2.45, 2.75) is 12.1 Å². The van der Waals surface area contributed by atoms with Crippen LogP contribution in [0.3, 0.4) is 0 Å². The number of likely N-dealkylation sites (tertiary alicyclic amines) is 1. The fourth-order valence-electron chi connectivity index (χ4n) is 3.67. The normalized spacial score (nSPS) is 24.6. The molecule has 6 nitrogen and oxygen atoms in total. The van der Waals surface area contributed by atoms with Gasteiger partial charge in [0.2, 0.25) is 5.91 Å². The minimum Gasteiger partial charge on any atom is -0.383 e. The molecule has 2 aromatic carbocycles. The van der Waals surface area contributed by atoms with Crippen LogP contribution in [0.5, 0.6) is 0 Å². The Bertz CT molecular complexity index is 843. The SMILES string of the molecule is COCCN1C(=O)C2ON(c3ccccc3)C(c3ccc(F)cc3)C2C1=O. The van der Waals surface area contributed by atoms with Gasteiger partial charge in [-0.05, 0) is 29.8 Å². The molecule has 2 heterocycles. The molecule has 0 radical (unpaired) electrons. The van der Waals surface area contributed by atoms with E-state index in [9.17, 15) is 14.0 Å². The molecule has 4 rings (SSSR count). The van der Waals surface area contributed by atoms with Crippen molar-refractivity contribution in [1.29, 1.82) is 0 Å². The molecule has 0 N–H and O–H groups in total. The zero-order chi connectivity index (χ0) is 19.0.